The van der Waals surface area contributed by atoms with E-state index in [1.807, 2.05) is 0 Å². The number of piperidine rings is 1. The van der Waals surface area contributed by atoms with E-state index < -0.39 is 0 Å². The second-order valence-electron chi connectivity index (χ2n) is 5.52. The average molecular weight is 241 g/mol. The topological polar surface area (TPSA) is 39.7 Å². The first-order chi connectivity index (χ1) is 8.36. The van der Waals surface area contributed by atoms with E-state index in [1.165, 1.54) is 0 Å². The molecule has 4 nitrogen and oxygen atoms in total. The van der Waals surface area contributed by atoms with Crippen LogP contribution in [0.5, 0.6) is 0 Å². The lowest BCUT2D eigenvalue weighted by atomic mass is 9.89. The maximum Gasteiger partial charge on any atom is 0.0840 e. The van der Waals surface area contributed by atoms with Crippen molar-refractivity contribution in [2.75, 3.05) is 32.9 Å². The quantitative estimate of drug-likeness (QED) is 0.785. The molecule has 3 rings (SSSR count). The third-order valence-electron chi connectivity index (χ3n) is 4.24. The van der Waals surface area contributed by atoms with Crippen LogP contribution < -0.4 is 5.32 Å². The van der Waals surface area contributed by atoms with E-state index in [0.29, 0.717) is 12.2 Å². The molecule has 0 radical (unpaired) electrons. The number of hydrogen-bond donors (Lipinski definition) is 1. The van der Waals surface area contributed by atoms with Gasteiger partial charge in [-0.3, -0.25) is 0 Å². The summed E-state index contributed by atoms with van der Waals surface area (Å²) in [7, 11) is 0. The molecule has 98 valence electrons. The van der Waals surface area contributed by atoms with Crippen LogP contribution in [0.4, 0.5) is 0 Å². The number of rotatable bonds is 2. The van der Waals surface area contributed by atoms with Crippen LogP contribution in [0.1, 0.15) is 32.1 Å². The fraction of sp³-hybridized carbons (Fsp3) is 1.00. The van der Waals surface area contributed by atoms with E-state index in [0.717, 1.165) is 65.0 Å². The summed E-state index contributed by atoms with van der Waals surface area (Å²) in [5, 5.41) is 3.39. The highest BCUT2D eigenvalue weighted by Gasteiger charge is 2.42. The van der Waals surface area contributed by atoms with Crippen LogP contribution in [-0.4, -0.2) is 50.7 Å². The molecule has 1 atom stereocenters. The summed E-state index contributed by atoms with van der Waals surface area (Å²) in [5.74, 6) is 0. The van der Waals surface area contributed by atoms with Gasteiger partial charge in [-0.25, -0.2) is 0 Å². The molecule has 0 aromatic rings. The van der Waals surface area contributed by atoms with Crippen molar-refractivity contribution in [1.29, 1.82) is 0 Å². The summed E-state index contributed by atoms with van der Waals surface area (Å²) in [5.41, 5.74) is 0.126. The minimum Gasteiger partial charge on any atom is -0.381 e. The summed E-state index contributed by atoms with van der Waals surface area (Å²) in [6.45, 7) is 4.67. The summed E-state index contributed by atoms with van der Waals surface area (Å²) in [4.78, 5) is 0. The molecule has 1 N–H and O–H groups in total. The van der Waals surface area contributed by atoms with Gasteiger partial charge in [0.25, 0.3) is 0 Å². The second-order valence-corrected chi connectivity index (χ2v) is 5.52. The van der Waals surface area contributed by atoms with Gasteiger partial charge in [0.15, 0.2) is 0 Å². The second kappa shape index (κ2) is 5.22. The minimum absolute atomic E-state index is 0.126. The van der Waals surface area contributed by atoms with Gasteiger partial charge >= 0.3 is 0 Å². The van der Waals surface area contributed by atoms with E-state index in [2.05, 4.69) is 5.32 Å². The molecule has 0 saturated carbocycles. The molecule has 0 aliphatic carbocycles. The molecule has 3 aliphatic heterocycles. The van der Waals surface area contributed by atoms with Crippen molar-refractivity contribution in [2.45, 2.75) is 49.9 Å². The summed E-state index contributed by atoms with van der Waals surface area (Å²) in [6.07, 6.45) is 6.18. The van der Waals surface area contributed by atoms with E-state index in [4.69, 9.17) is 14.2 Å². The predicted molar refractivity (Wildman–Crippen MR) is 64.1 cm³/mol. The summed E-state index contributed by atoms with van der Waals surface area (Å²) in [6, 6.07) is 0. The molecule has 3 heterocycles. The zero-order valence-electron chi connectivity index (χ0n) is 10.5. The van der Waals surface area contributed by atoms with Crippen LogP contribution in [-0.2, 0) is 14.2 Å². The summed E-state index contributed by atoms with van der Waals surface area (Å²) >= 11 is 0. The highest BCUT2D eigenvalue weighted by molar-refractivity contribution is 4.93. The highest BCUT2D eigenvalue weighted by atomic mass is 16.6. The van der Waals surface area contributed by atoms with Crippen molar-refractivity contribution < 1.29 is 14.2 Å². The molecule has 1 unspecified atom stereocenters. The Balaban J connectivity index is 1.49. The lowest BCUT2D eigenvalue weighted by Crippen LogP contribution is -2.41. The van der Waals surface area contributed by atoms with Gasteiger partial charge in [-0.2, -0.15) is 0 Å². The van der Waals surface area contributed by atoms with Gasteiger partial charge in [0.1, 0.15) is 0 Å². The molecule has 17 heavy (non-hydrogen) atoms. The van der Waals surface area contributed by atoms with Crippen LogP contribution in [0.15, 0.2) is 0 Å². The van der Waals surface area contributed by atoms with Crippen LogP contribution in [0, 0.1) is 0 Å². The number of nitrogens with one attached hydrogen (secondary N) is 1. The molecule has 1 spiro atoms. The fourth-order valence-electron chi connectivity index (χ4n) is 3.20. The molecular formula is C13H23NO3. The van der Waals surface area contributed by atoms with Crippen LogP contribution in [0.3, 0.4) is 0 Å². The largest absolute Gasteiger partial charge is 0.381 e. The number of ether oxygens (including phenoxy) is 3. The van der Waals surface area contributed by atoms with E-state index >= 15 is 0 Å². The smallest absolute Gasteiger partial charge is 0.0840 e. The number of hydrogen-bond acceptors (Lipinski definition) is 4. The Bertz CT molecular complexity index is 247. The Kier molecular flexibility index (Phi) is 3.66. The highest BCUT2D eigenvalue weighted by Crippen LogP contribution is 2.36. The Morgan fingerprint density at radius 1 is 1.06 bits per heavy atom. The Labute approximate surface area is 103 Å². The Morgan fingerprint density at radius 3 is 2.59 bits per heavy atom. The molecule has 4 heteroatoms. The van der Waals surface area contributed by atoms with Gasteiger partial charge in [-0.05, 0) is 38.8 Å². The van der Waals surface area contributed by atoms with Crippen molar-refractivity contribution in [3.63, 3.8) is 0 Å². The van der Waals surface area contributed by atoms with Gasteiger partial charge in [0.2, 0.25) is 0 Å². The molecule has 3 saturated heterocycles. The maximum absolute atomic E-state index is 6.15. The lowest BCUT2D eigenvalue weighted by molar-refractivity contribution is -0.0698. The zero-order valence-corrected chi connectivity index (χ0v) is 10.5. The third-order valence-corrected chi connectivity index (χ3v) is 4.24. The van der Waals surface area contributed by atoms with Crippen molar-refractivity contribution in [3.8, 4) is 0 Å². The van der Waals surface area contributed by atoms with Crippen molar-refractivity contribution in [2.24, 2.45) is 0 Å². The van der Waals surface area contributed by atoms with E-state index in [9.17, 15) is 0 Å². The zero-order chi connectivity index (χ0) is 11.6. The maximum atomic E-state index is 6.15. The first-order valence-corrected chi connectivity index (χ1v) is 6.94. The standard InChI is InChI=1S/C13H23NO3/c1-7-15-8-2-11(1)17-12-9-13(16-10-12)3-5-14-6-4-13/h11-12,14H,1-10H2. The first-order valence-electron chi connectivity index (χ1n) is 6.94. The van der Waals surface area contributed by atoms with Gasteiger partial charge in [-0.15, -0.1) is 0 Å². The predicted octanol–water partition coefficient (Wildman–Crippen LogP) is 1.09. The minimum atomic E-state index is 0.126. The molecule has 3 fully saturated rings. The average Bonchev–Trinajstić information content (AvgIpc) is 2.74. The van der Waals surface area contributed by atoms with Crippen LogP contribution in [0.25, 0.3) is 0 Å². The van der Waals surface area contributed by atoms with Gasteiger partial charge in [0.05, 0.1) is 24.4 Å². The van der Waals surface area contributed by atoms with Crippen molar-refractivity contribution in [1.82, 2.24) is 5.32 Å². The molecule has 0 amide bonds. The van der Waals surface area contributed by atoms with Crippen molar-refractivity contribution >= 4 is 0 Å². The Morgan fingerprint density at radius 2 is 1.82 bits per heavy atom. The molecule has 0 aromatic heterocycles. The summed E-state index contributed by atoms with van der Waals surface area (Å²) < 4.78 is 17.5. The van der Waals surface area contributed by atoms with Crippen molar-refractivity contribution in [3.05, 3.63) is 0 Å². The fourth-order valence-corrected chi connectivity index (χ4v) is 3.20. The molecule has 0 aromatic carbocycles. The molecule has 0 bridgehead atoms. The third kappa shape index (κ3) is 2.81. The molecule has 3 aliphatic rings. The van der Waals surface area contributed by atoms with E-state index in [-0.39, 0.29) is 5.60 Å². The Hall–Kier alpha value is -0.160. The van der Waals surface area contributed by atoms with Gasteiger partial charge in [-0.1, -0.05) is 0 Å². The normalized spacial score (nSPS) is 34.2. The first kappa shape index (κ1) is 11.9. The van der Waals surface area contributed by atoms with Gasteiger partial charge < -0.3 is 19.5 Å². The lowest BCUT2D eigenvalue weighted by Gasteiger charge is -2.33. The van der Waals surface area contributed by atoms with Gasteiger partial charge in [0, 0.05) is 19.6 Å². The monoisotopic (exact) mass is 241 g/mol. The van der Waals surface area contributed by atoms with E-state index in [1.54, 1.807) is 0 Å². The molecular weight excluding hydrogens is 218 g/mol. The SMILES string of the molecule is C1CC2(CCN1)CC(OC1CCOCC1)CO2. The van der Waals surface area contributed by atoms with Crippen LogP contribution in [0.2, 0.25) is 0 Å². The van der Waals surface area contributed by atoms with Crippen LogP contribution >= 0.6 is 0 Å².